The van der Waals surface area contributed by atoms with E-state index < -0.39 is 11.2 Å². The highest BCUT2D eigenvalue weighted by atomic mass is 35.5. The summed E-state index contributed by atoms with van der Waals surface area (Å²) in [6.45, 7) is 0. The zero-order valence-electron chi connectivity index (χ0n) is 11.1. The monoisotopic (exact) mass is 302 g/mol. The van der Waals surface area contributed by atoms with E-state index in [0.29, 0.717) is 27.4 Å². The van der Waals surface area contributed by atoms with Gasteiger partial charge in [-0.1, -0.05) is 11.6 Å². The van der Waals surface area contributed by atoms with E-state index in [4.69, 9.17) is 16.3 Å². The molecule has 1 N–H and O–H groups in total. The van der Waals surface area contributed by atoms with Crippen LogP contribution in [0.1, 0.15) is 0 Å². The Morgan fingerprint density at radius 3 is 2.48 bits per heavy atom. The fraction of sp³-hybridized carbons (Fsp3) is 0.0667. The number of ether oxygens (including phenoxy) is 1. The second-order valence-electron chi connectivity index (χ2n) is 4.46. The molecule has 0 radical (unpaired) electrons. The highest BCUT2D eigenvalue weighted by Gasteiger charge is 2.10. The molecule has 0 fully saturated rings. The maximum Gasteiger partial charge on any atom is 0.333 e. The number of H-pyrrole nitrogens is 1. The molecule has 0 bridgehead atoms. The second-order valence-corrected chi connectivity index (χ2v) is 4.90. The number of methoxy groups -OCH3 is 1. The number of hydrogen-bond acceptors (Lipinski definition) is 3. The fourth-order valence-corrected chi connectivity index (χ4v) is 2.32. The Balaban J connectivity index is 2.31. The van der Waals surface area contributed by atoms with Crippen LogP contribution in [-0.4, -0.2) is 16.7 Å². The molecule has 0 unspecified atom stereocenters. The number of hydrogen-bond donors (Lipinski definition) is 1. The summed E-state index contributed by atoms with van der Waals surface area (Å²) in [4.78, 5) is 27.3. The van der Waals surface area contributed by atoms with Gasteiger partial charge in [-0.25, -0.2) is 9.36 Å². The van der Waals surface area contributed by atoms with E-state index in [2.05, 4.69) is 4.98 Å². The maximum absolute atomic E-state index is 12.5. The summed E-state index contributed by atoms with van der Waals surface area (Å²) in [5.41, 5.74) is 0.00416. The molecule has 0 atom stereocenters. The molecule has 6 heteroatoms. The molecule has 0 spiro atoms. The predicted octanol–water partition coefficient (Wildman–Crippen LogP) is 2.34. The SMILES string of the molecule is COc1ccc(-n2c(=O)[nH]c3ccc(Cl)cc3c2=O)cc1. The van der Waals surface area contributed by atoms with E-state index in [0.717, 1.165) is 4.57 Å². The van der Waals surface area contributed by atoms with Crippen LogP contribution in [-0.2, 0) is 0 Å². The van der Waals surface area contributed by atoms with Crippen molar-refractivity contribution in [3.8, 4) is 11.4 Å². The first-order chi connectivity index (χ1) is 10.1. The van der Waals surface area contributed by atoms with Crippen molar-refractivity contribution in [3.63, 3.8) is 0 Å². The van der Waals surface area contributed by atoms with E-state index in [9.17, 15) is 9.59 Å². The third-order valence-electron chi connectivity index (χ3n) is 3.19. The minimum Gasteiger partial charge on any atom is -0.497 e. The highest BCUT2D eigenvalue weighted by Crippen LogP contribution is 2.15. The Bertz CT molecular complexity index is 926. The number of benzene rings is 2. The summed E-state index contributed by atoms with van der Waals surface area (Å²) in [6, 6.07) is 11.4. The summed E-state index contributed by atoms with van der Waals surface area (Å²) in [5.74, 6) is 0.645. The van der Waals surface area contributed by atoms with E-state index in [1.165, 1.54) is 6.07 Å². The van der Waals surface area contributed by atoms with Crippen molar-refractivity contribution in [3.05, 3.63) is 68.3 Å². The minimum absolute atomic E-state index is 0.359. The first-order valence-corrected chi connectivity index (χ1v) is 6.57. The predicted molar refractivity (Wildman–Crippen MR) is 81.7 cm³/mol. The number of fused-ring (bicyclic) bond motifs is 1. The summed E-state index contributed by atoms with van der Waals surface area (Å²) in [6.07, 6.45) is 0. The van der Waals surface area contributed by atoms with E-state index in [1.54, 1.807) is 43.5 Å². The Kier molecular flexibility index (Phi) is 3.27. The molecule has 0 amide bonds. The van der Waals surface area contributed by atoms with Gasteiger partial charge in [0.05, 0.1) is 23.7 Å². The Morgan fingerprint density at radius 2 is 1.81 bits per heavy atom. The standard InChI is InChI=1S/C15H11ClN2O3/c1-21-11-5-3-10(4-6-11)18-14(19)12-8-9(16)2-7-13(12)17-15(18)20/h2-8H,1H3,(H,17,20). The topological polar surface area (TPSA) is 64.1 Å². The number of nitrogens with zero attached hydrogens (tertiary/aromatic N) is 1. The molecule has 0 saturated heterocycles. The van der Waals surface area contributed by atoms with Gasteiger partial charge in [0.15, 0.2) is 0 Å². The lowest BCUT2D eigenvalue weighted by Gasteiger charge is -2.07. The Morgan fingerprint density at radius 1 is 1.10 bits per heavy atom. The van der Waals surface area contributed by atoms with Crippen LogP contribution >= 0.6 is 11.6 Å². The maximum atomic E-state index is 12.5. The average molecular weight is 303 g/mol. The zero-order chi connectivity index (χ0) is 15.0. The van der Waals surface area contributed by atoms with E-state index >= 15 is 0 Å². The minimum atomic E-state index is -0.500. The molecule has 5 nitrogen and oxygen atoms in total. The zero-order valence-corrected chi connectivity index (χ0v) is 11.8. The van der Waals surface area contributed by atoms with Crippen molar-refractivity contribution >= 4 is 22.5 Å². The van der Waals surface area contributed by atoms with Crippen LogP contribution in [0.5, 0.6) is 5.75 Å². The third kappa shape index (κ3) is 2.32. The number of nitrogens with one attached hydrogen (secondary N) is 1. The number of halogens is 1. The summed E-state index contributed by atoms with van der Waals surface area (Å²) in [7, 11) is 1.55. The summed E-state index contributed by atoms with van der Waals surface area (Å²) < 4.78 is 6.13. The Labute approximate surface area is 124 Å². The molecule has 0 aliphatic heterocycles. The van der Waals surface area contributed by atoms with Crippen molar-refractivity contribution in [2.24, 2.45) is 0 Å². The first kappa shape index (κ1) is 13.5. The van der Waals surface area contributed by atoms with E-state index in [-0.39, 0.29) is 0 Å². The van der Waals surface area contributed by atoms with Crippen molar-refractivity contribution < 1.29 is 4.74 Å². The van der Waals surface area contributed by atoms with Crippen molar-refractivity contribution in [1.29, 1.82) is 0 Å². The van der Waals surface area contributed by atoms with Gasteiger partial charge < -0.3 is 9.72 Å². The van der Waals surface area contributed by atoms with Crippen LogP contribution in [0.4, 0.5) is 0 Å². The van der Waals surface area contributed by atoms with Crippen LogP contribution in [0, 0.1) is 0 Å². The number of rotatable bonds is 2. The summed E-state index contributed by atoms with van der Waals surface area (Å²) >= 11 is 5.91. The largest absolute Gasteiger partial charge is 0.497 e. The molecule has 0 aliphatic carbocycles. The smallest absolute Gasteiger partial charge is 0.333 e. The lowest BCUT2D eigenvalue weighted by Crippen LogP contribution is -2.33. The van der Waals surface area contributed by atoms with Gasteiger partial charge in [-0.3, -0.25) is 4.79 Å². The molecule has 0 aliphatic rings. The van der Waals surface area contributed by atoms with Crippen molar-refractivity contribution in [1.82, 2.24) is 9.55 Å². The fourth-order valence-electron chi connectivity index (χ4n) is 2.15. The van der Waals surface area contributed by atoms with Crippen LogP contribution in [0.3, 0.4) is 0 Å². The summed E-state index contributed by atoms with van der Waals surface area (Å²) in [5, 5.41) is 0.797. The van der Waals surface area contributed by atoms with Gasteiger partial charge in [0.25, 0.3) is 5.56 Å². The lowest BCUT2D eigenvalue weighted by atomic mass is 10.2. The highest BCUT2D eigenvalue weighted by molar-refractivity contribution is 6.31. The Hall–Kier alpha value is -2.53. The van der Waals surface area contributed by atoms with E-state index in [1.807, 2.05) is 0 Å². The van der Waals surface area contributed by atoms with Gasteiger partial charge in [-0.2, -0.15) is 0 Å². The molecular formula is C15H11ClN2O3. The van der Waals surface area contributed by atoms with Gasteiger partial charge in [0, 0.05) is 5.02 Å². The lowest BCUT2D eigenvalue weighted by molar-refractivity contribution is 0.414. The van der Waals surface area contributed by atoms with Crippen LogP contribution in [0.25, 0.3) is 16.6 Å². The van der Waals surface area contributed by atoms with Gasteiger partial charge in [-0.05, 0) is 42.5 Å². The number of aromatic amines is 1. The molecule has 1 aromatic heterocycles. The van der Waals surface area contributed by atoms with Gasteiger partial charge in [0.1, 0.15) is 5.75 Å². The number of aromatic nitrogens is 2. The van der Waals surface area contributed by atoms with Crippen LogP contribution < -0.4 is 16.0 Å². The molecule has 2 aromatic carbocycles. The van der Waals surface area contributed by atoms with Crippen LogP contribution in [0.15, 0.2) is 52.1 Å². The average Bonchev–Trinajstić information content (AvgIpc) is 2.49. The molecule has 3 aromatic rings. The first-order valence-electron chi connectivity index (χ1n) is 6.19. The molecular weight excluding hydrogens is 292 g/mol. The quantitative estimate of drug-likeness (QED) is 0.790. The van der Waals surface area contributed by atoms with Crippen LogP contribution in [0.2, 0.25) is 5.02 Å². The molecule has 1 heterocycles. The third-order valence-corrected chi connectivity index (χ3v) is 3.43. The molecule has 106 valence electrons. The molecule has 21 heavy (non-hydrogen) atoms. The normalized spacial score (nSPS) is 10.8. The van der Waals surface area contributed by atoms with Gasteiger partial charge >= 0.3 is 5.69 Å². The van der Waals surface area contributed by atoms with Crippen molar-refractivity contribution in [2.45, 2.75) is 0 Å². The van der Waals surface area contributed by atoms with Gasteiger partial charge in [0.2, 0.25) is 0 Å². The second kappa shape index (κ2) is 5.10. The van der Waals surface area contributed by atoms with Crippen molar-refractivity contribution in [2.75, 3.05) is 7.11 Å². The van der Waals surface area contributed by atoms with Gasteiger partial charge in [-0.15, -0.1) is 0 Å². The molecule has 3 rings (SSSR count). The molecule has 0 saturated carbocycles.